The first-order valence-corrected chi connectivity index (χ1v) is 9.55. The average Bonchev–Trinajstić information content (AvgIpc) is 3.19. The van der Waals surface area contributed by atoms with Crippen molar-refractivity contribution in [3.63, 3.8) is 0 Å². The molecule has 2 amide bonds. The molecule has 0 radical (unpaired) electrons. The third-order valence-corrected chi connectivity index (χ3v) is 5.00. The van der Waals surface area contributed by atoms with Gasteiger partial charge in [-0.2, -0.15) is 0 Å². The third-order valence-electron chi connectivity index (χ3n) is 5.00. The van der Waals surface area contributed by atoms with Crippen molar-refractivity contribution >= 4 is 11.8 Å². The van der Waals surface area contributed by atoms with Crippen LogP contribution in [0.2, 0.25) is 0 Å². The summed E-state index contributed by atoms with van der Waals surface area (Å²) in [6, 6.07) is 1.88. The van der Waals surface area contributed by atoms with Crippen LogP contribution in [0.1, 0.15) is 61.9 Å². The number of hydrogen-bond donors (Lipinski definition) is 1. The van der Waals surface area contributed by atoms with Crippen molar-refractivity contribution in [2.24, 2.45) is 5.92 Å². The number of ether oxygens (including phenoxy) is 1. The van der Waals surface area contributed by atoms with Gasteiger partial charge in [0.05, 0.1) is 11.7 Å². The van der Waals surface area contributed by atoms with Crippen LogP contribution >= 0.6 is 0 Å². The van der Waals surface area contributed by atoms with Gasteiger partial charge in [0.2, 0.25) is 5.91 Å². The second-order valence-electron chi connectivity index (χ2n) is 7.56. The van der Waals surface area contributed by atoms with E-state index in [1.54, 1.807) is 17.9 Å². The first-order valence-electron chi connectivity index (χ1n) is 9.55. The number of nitrogens with zero attached hydrogens (tertiary/aromatic N) is 1. The summed E-state index contributed by atoms with van der Waals surface area (Å²) < 4.78 is 11.2. The Labute approximate surface area is 156 Å². The van der Waals surface area contributed by atoms with E-state index in [9.17, 15) is 9.59 Å². The number of amides is 2. The quantitative estimate of drug-likeness (QED) is 0.769. The molecule has 2 heterocycles. The van der Waals surface area contributed by atoms with Gasteiger partial charge in [-0.15, -0.1) is 0 Å². The summed E-state index contributed by atoms with van der Waals surface area (Å²) in [4.78, 5) is 26.9. The molecule has 0 aromatic carbocycles. The van der Waals surface area contributed by atoms with E-state index in [1.807, 2.05) is 13.8 Å². The van der Waals surface area contributed by atoms with Gasteiger partial charge < -0.3 is 19.4 Å². The predicted octanol–water partition coefficient (Wildman–Crippen LogP) is 3.07. The van der Waals surface area contributed by atoms with E-state index in [4.69, 9.17) is 9.15 Å². The van der Waals surface area contributed by atoms with E-state index in [-0.39, 0.29) is 30.4 Å². The van der Waals surface area contributed by atoms with Crippen molar-refractivity contribution in [1.29, 1.82) is 0 Å². The van der Waals surface area contributed by atoms with Crippen LogP contribution in [0.5, 0.6) is 0 Å². The fourth-order valence-corrected chi connectivity index (χ4v) is 3.05. The van der Waals surface area contributed by atoms with Gasteiger partial charge >= 0.3 is 0 Å². The first kappa shape index (κ1) is 20.5. The van der Waals surface area contributed by atoms with Gasteiger partial charge in [-0.25, -0.2) is 0 Å². The zero-order valence-electron chi connectivity index (χ0n) is 16.6. The SMILES string of the molecule is Cc1cc(C(=O)N(CCC(=O)NC(C)C(C)C)CC2CCCO2)c(C)o1. The van der Waals surface area contributed by atoms with E-state index in [0.717, 1.165) is 19.4 Å². The fourth-order valence-electron chi connectivity index (χ4n) is 3.05. The molecule has 6 nitrogen and oxygen atoms in total. The molecule has 0 saturated carbocycles. The van der Waals surface area contributed by atoms with Gasteiger partial charge in [0, 0.05) is 32.2 Å². The van der Waals surface area contributed by atoms with Crippen LogP contribution in [0.4, 0.5) is 0 Å². The second-order valence-corrected chi connectivity index (χ2v) is 7.56. The fraction of sp³-hybridized carbons (Fsp3) is 0.700. The largest absolute Gasteiger partial charge is 0.466 e. The zero-order valence-corrected chi connectivity index (χ0v) is 16.6. The lowest BCUT2D eigenvalue weighted by atomic mass is 10.1. The van der Waals surface area contributed by atoms with Crippen molar-refractivity contribution in [3.05, 3.63) is 23.2 Å². The van der Waals surface area contributed by atoms with Crippen LogP contribution in [0.25, 0.3) is 0 Å². The summed E-state index contributed by atoms with van der Waals surface area (Å²) in [5.74, 6) is 1.57. The number of hydrogen-bond acceptors (Lipinski definition) is 4. The van der Waals surface area contributed by atoms with Crippen molar-refractivity contribution in [2.45, 2.75) is 66.0 Å². The standard InChI is InChI=1S/C20H32N2O4/c1-13(2)15(4)21-19(23)8-9-22(12-17-7-6-10-25-17)20(24)18-11-14(3)26-16(18)5/h11,13,15,17H,6-10,12H2,1-5H3,(H,21,23). The lowest BCUT2D eigenvalue weighted by molar-refractivity contribution is -0.122. The Hall–Kier alpha value is -1.82. The highest BCUT2D eigenvalue weighted by Crippen LogP contribution is 2.19. The second kappa shape index (κ2) is 9.21. The minimum atomic E-state index is -0.0976. The van der Waals surface area contributed by atoms with E-state index in [0.29, 0.717) is 36.1 Å². The molecule has 26 heavy (non-hydrogen) atoms. The molecule has 1 aliphatic heterocycles. The van der Waals surface area contributed by atoms with Crippen molar-refractivity contribution < 1.29 is 18.7 Å². The normalized spacial score (nSPS) is 18.2. The highest BCUT2D eigenvalue weighted by atomic mass is 16.5. The number of furan rings is 1. The van der Waals surface area contributed by atoms with Gasteiger partial charge in [0.15, 0.2) is 0 Å². The summed E-state index contributed by atoms with van der Waals surface area (Å²) in [6.45, 7) is 11.4. The van der Waals surface area contributed by atoms with E-state index in [2.05, 4.69) is 19.2 Å². The van der Waals surface area contributed by atoms with E-state index in [1.165, 1.54) is 0 Å². The molecule has 1 N–H and O–H groups in total. The molecule has 2 unspecified atom stereocenters. The molecule has 146 valence electrons. The smallest absolute Gasteiger partial charge is 0.257 e. The molecule has 1 aromatic rings. The lowest BCUT2D eigenvalue weighted by Crippen LogP contribution is -2.42. The maximum absolute atomic E-state index is 13.0. The molecule has 2 atom stereocenters. The van der Waals surface area contributed by atoms with Gasteiger partial charge in [-0.1, -0.05) is 13.8 Å². The number of aryl methyl sites for hydroxylation is 2. The summed E-state index contributed by atoms with van der Waals surface area (Å²) in [6.07, 6.45) is 2.29. The number of carbonyl (C=O) groups excluding carboxylic acids is 2. The van der Waals surface area contributed by atoms with Crippen molar-refractivity contribution in [2.75, 3.05) is 19.7 Å². The molecule has 2 rings (SSSR count). The maximum atomic E-state index is 13.0. The van der Waals surface area contributed by atoms with Crippen LogP contribution in [-0.2, 0) is 9.53 Å². The molecule has 1 aromatic heterocycles. The molecule has 0 aliphatic carbocycles. The number of nitrogens with one attached hydrogen (secondary N) is 1. The Morgan fingerprint density at radius 1 is 1.31 bits per heavy atom. The Morgan fingerprint density at radius 3 is 2.58 bits per heavy atom. The average molecular weight is 364 g/mol. The van der Waals surface area contributed by atoms with Crippen LogP contribution in [0.15, 0.2) is 10.5 Å². The Balaban J connectivity index is 2.02. The van der Waals surface area contributed by atoms with Crippen LogP contribution in [0.3, 0.4) is 0 Å². The monoisotopic (exact) mass is 364 g/mol. The molecule has 1 fully saturated rings. The minimum Gasteiger partial charge on any atom is -0.466 e. The molecule has 6 heteroatoms. The highest BCUT2D eigenvalue weighted by molar-refractivity contribution is 5.95. The Bertz CT molecular complexity index is 617. The van der Waals surface area contributed by atoms with Crippen molar-refractivity contribution in [3.8, 4) is 0 Å². The minimum absolute atomic E-state index is 0.0311. The van der Waals surface area contributed by atoms with E-state index >= 15 is 0 Å². The highest BCUT2D eigenvalue weighted by Gasteiger charge is 2.26. The molecular weight excluding hydrogens is 332 g/mol. The maximum Gasteiger partial charge on any atom is 0.257 e. The van der Waals surface area contributed by atoms with E-state index < -0.39 is 0 Å². The lowest BCUT2D eigenvalue weighted by Gasteiger charge is -2.26. The number of carbonyl (C=O) groups is 2. The third kappa shape index (κ3) is 5.59. The van der Waals surface area contributed by atoms with Crippen molar-refractivity contribution in [1.82, 2.24) is 10.2 Å². The summed E-state index contributed by atoms with van der Waals surface area (Å²) in [7, 11) is 0. The molecule has 1 aliphatic rings. The topological polar surface area (TPSA) is 71.8 Å². The molecule has 0 bridgehead atoms. The Morgan fingerprint density at radius 2 is 2.04 bits per heavy atom. The van der Waals surface area contributed by atoms with Gasteiger partial charge in [0.1, 0.15) is 11.5 Å². The number of rotatable bonds is 8. The summed E-state index contributed by atoms with van der Waals surface area (Å²) >= 11 is 0. The molecule has 0 spiro atoms. The predicted molar refractivity (Wildman–Crippen MR) is 100 cm³/mol. The zero-order chi connectivity index (χ0) is 19.3. The summed E-state index contributed by atoms with van der Waals surface area (Å²) in [5.41, 5.74) is 0.566. The van der Waals surface area contributed by atoms with Crippen LogP contribution in [0, 0.1) is 19.8 Å². The summed E-state index contributed by atoms with van der Waals surface area (Å²) in [5, 5.41) is 3.00. The Kier molecular flexibility index (Phi) is 7.26. The van der Waals surface area contributed by atoms with Gasteiger partial charge in [-0.05, 0) is 45.6 Å². The van der Waals surface area contributed by atoms with Crippen LogP contribution < -0.4 is 5.32 Å². The molecule has 1 saturated heterocycles. The van der Waals surface area contributed by atoms with Gasteiger partial charge in [0.25, 0.3) is 5.91 Å². The van der Waals surface area contributed by atoms with Crippen LogP contribution in [-0.4, -0.2) is 48.6 Å². The van der Waals surface area contributed by atoms with Gasteiger partial charge in [-0.3, -0.25) is 9.59 Å². The first-order chi connectivity index (χ1) is 12.3. The molecular formula is C20H32N2O4.